The van der Waals surface area contributed by atoms with Crippen LogP contribution < -0.4 is 0 Å². The van der Waals surface area contributed by atoms with Crippen molar-refractivity contribution in [1.29, 1.82) is 0 Å². The van der Waals surface area contributed by atoms with Crippen molar-refractivity contribution in [2.45, 2.75) is 19.3 Å². The molecule has 0 saturated heterocycles. The van der Waals surface area contributed by atoms with Crippen LogP contribution in [0.15, 0.2) is 473 Å². The van der Waals surface area contributed by atoms with Crippen LogP contribution in [0.5, 0.6) is 0 Å². The zero-order valence-electron chi connectivity index (χ0n) is 80.6. The van der Waals surface area contributed by atoms with E-state index < -0.39 is 0 Å². The molecule has 20 aromatic carbocycles. The summed E-state index contributed by atoms with van der Waals surface area (Å²) in [5.41, 5.74) is 26.8. The number of nitrogens with zero attached hydrogens (tertiary/aromatic N) is 10. The molecule has 698 valence electrons. The minimum atomic E-state index is -0.150. The summed E-state index contributed by atoms with van der Waals surface area (Å²) in [5, 5.41) is 20.2. The van der Waals surface area contributed by atoms with Gasteiger partial charge in [0.15, 0.2) is 17.5 Å². The first-order valence-electron chi connectivity index (χ1n) is 50.3. The van der Waals surface area contributed by atoms with Crippen LogP contribution in [0.3, 0.4) is 0 Å². The molecule has 0 fully saturated rings. The molecule has 0 unspecified atom stereocenters. The monoisotopic (exact) mass is 1970 g/mol. The van der Waals surface area contributed by atoms with Gasteiger partial charge in [0.1, 0.15) is 17.5 Å². The maximum atomic E-state index is 5.40. The van der Waals surface area contributed by atoms with Gasteiger partial charge in [0.2, 0.25) is 0 Å². The number of aromatic nitrogens is 10. The highest BCUT2D eigenvalue weighted by Crippen LogP contribution is 2.55. The van der Waals surface area contributed by atoms with E-state index in [1.807, 2.05) is 81.7 Å². The standard InChI is InChI=1S/C49H33N3S.C46H28N4S.C40H23N3S2/c1-49(2)39-17-9-6-14-34(39)37-26-27-42-46(47(37)49)38-16-7-10-18-41(38)52(42)45-29-40(33-24-25-36-35-15-8-11-19-43(35)53-44(36)28-33)50-48(51-45)32-22-20-31(21-23-32)30-12-4-3-5-13-30;1-3-13-29(14-4-1)46-47-37(30-23-26-42-36(27-30)33-18-9-12-22-41(33)51-42)28-43(48-46)50-39-21-11-8-19-35(39)44-40(50)25-24-34-32-17-7-10-20-38(32)49(45(34)44)31-15-5-2-6-16-31;1-2-10-24(11-3-1)40-41-31(25-18-21-36-30(22-25)27-13-6-8-16-34(27)44-36)23-37(42-40)43-32-15-7-4-14-29(32)38-33(43)20-19-28-26-12-5-9-17-35(26)45-39(28)38/h3-29H,1-2H3;1-28H;1-23H. The molecule has 0 spiro atoms. The van der Waals surface area contributed by atoms with Crippen LogP contribution in [-0.2, 0) is 5.41 Å². The van der Waals surface area contributed by atoms with Crippen LogP contribution in [0.4, 0.5) is 0 Å². The molecule has 32 rings (SSSR count). The van der Waals surface area contributed by atoms with Gasteiger partial charge >= 0.3 is 0 Å². The van der Waals surface area contributed by atoms with Gasteiger partial charge in [0.05, 0.1) is 61.2 Å². The van der Waals surface area contributed by atoms with Gasteiger partial charge in [-0.3, -0.25) is 13.7 Å². The first-order chi connectivity index (χ1) is 73.6. The summed E-state index contributed by atoms with van der Waals surface area (Å²) in [6.45, 7) is 4.74. The molecular formula is C135H84N10S4. The van der Waals surface area contributed by atoms with E-state index in [1.54, 1.807) is 0 Å². The van der Waals surface area contributed by atoms with Crippen LogP contribution in [0.2, 0.25) is 0 Å². The zero-order chi connectivity index (χ0) is 98.2. The van der Waals surface area contributed by atoms with Gasteiger partial charge in [-0.2, -0.15) is 0 Å². The van der Waals surface area contributed by atoms with Crippen molar-refractivity contribution in [3.63, 3.8) is 0 Å². The van der Waals surface area contributed by atoms with Crippen LogP contribution in [0.25, 0.3) is 281 Å². The molecule has 0 radical (unpaired) electrons. The van der Waals surface area contributed by atoms with E-state index in [0.717, 1.165) is 107 Å². The molecule has 149 heavy (non-hydrogen) atoms. The van der Waals surface area contributed by atoms with Crippen molar-refractivity contribution in [2.75, 3.05) is 0 Å². The molecule has 0 N–H and O–H groups in total. The highest BCUT2D eigenvalue weighted by Gasteiger charge is 2.39. The molecule has 0 amide bonds. The number of hydrogen-bond acceptors (Lipinski definition) is 10. The SMILES string of the molecule is CC1(C)c2ccccc2-c2ccc3c(c21)c1ccccc1n3-c1cc(-c2ccc3c(c2)sc2ccccc23)nc(-c2ccc(-c3ccccc3)cc2)n1.c1ccc(-c2nc(-c3ccc4sc5ccccc5c4c3)cc(-n3c4ccccc4c4c3ccc3c5ccccc5n(-c5ccccc5)c34)n2)cc1.c1ccc(-c2nc(-c3ccc4sc5ccccc5c4c3)cc(-n3c4ccccc4c4c5sc6ccccc6c5ccc43)n2)cc1. The third-order valence-corrected chi connectivity index (χ3v) is 34.8. The summed E-state index contributed by atoms with van der Waals surface area (Å²) in [6, 6.07) is 169. The molecule has 0 atom stereocenters. The molecule has 0 aliphatic heterocycles. The molecule has 0 bridgehead atoms. The molecule has 0 saturated carbocycles. The van der Waals surface area contributed by atoms with E-state index in [2.05, 4.69) is 469 Å². The van der Waals surface area contributed by atoms with Gasteiger partial charge in [0, 0.05) is 186 Å². The Kier molecular flexibility index (Phi) is 19.9. The van der Waals surface area contributed by atoms with Gasteiger partial charge in [-0.05, 0) is 143 Å². The zero-order valence-corrected chi connectivity index (χ0v) is 83.9. The van der Waals surface area contributed by atoms with Crippen molar-refractivity contribution in [1.82, 2.24) is 48.2 Å². The number of rotatable bonds is 11. The maximum Gasteiger partial charge on any atom is 0.162 e. The maximum absolute atomic E-state index is 5.40. The Bertz CT molecular complexity index is 10900. The molecule has 14 heteroatoms. The Balaban J connectivity index is 0.000000103. The third kappa shape index (κ3) is 14.0. The molecule has 11 heterocycles. The third-order valence-electron chi connectivity index (χ3n) is 30.2. The molecule has 31 aromatic rings. The van der Waals surface area contributed by atoms with Crippen molar-refractivity contribution in [2.24, 2.45) is 0 Å². The average molecular weight is 1970 g/mol. The minimum Gasteiger partial charge on any atom is -0.309 e. The summed E-state index contributed by atoms with van der Waals surface area (Å²) in [4.78, 5) is 31.7. The number of fused-ring (bicyclic) bond motifs is 30. The van der Waals surface area contributed by atoms with Crippen LogP contribution in [0, 0.1) is 0 Å². The highest BCUT2D eigenvalue weighted by atomic mass is 32.1. The Morgan fingerprint density at radius 2 is 0.530 bits per heavy atom. The first kappa shape index (κ1) is 86.2. The second-order valence-corrected chi connectivity index (χ2v) is 43.3. The second-order valence-electron chi connectivity index (χ2n) is 39.0. The topological polar surface area (TPSA) is 97.1 Å². The van der Waals surface area contributed by atoms with E-state index in [4.69, 9.17) is 29.9 Å². The van der Waals surface area contributed by atoms with Crippen molar-refractivity contribution in [3.8, 4) is 113 Å². The van der Waals surface area contributed by atoms with Crippen LogP contribution in [0.1, 0.15) is 25.0 Å². The lowest BCUT2D eigenvalue weighted by atomic mass is 9.80. The molecule has 1 aliphatic rings. The number of benzene rings is 20. The van der Waals surface area contributed by atoms with Gasteiger partial charge in [-0.1, -0.05) is 360 Å². The summed E-state index contributed by atoms with van der Waals surface area (Å²) < 4.78 is 19.8. The van der Waals surface area contributed by atoms with E-state index in [0.29, 0.717) is 17.5 Å². The smallest absolute Gasteiger partial charge is 0.162 e. The average Bonchev–Trinajstić information content (AvgIpc) is 1.55. The lowest BCUT2D eigenvalue weighted by molar-refractivity contribution is 0.666. The second kappa shape index (κ2) is 34.5. The van der Waals surface area contributed by atoms with Gasteiger partial charge < -0.3 is 4.57 Å². The molecule has 11 aromatic heterocycles. The van der Waals surface area contributed by atoms with E-state index in [1.165, 1.54) is 168 Å². The normalized spacial score (nSPS) is 12.4. The van der Waals surface area contributed by atoms with E-state index in [-0.39, 0.29) is 5.41 Å². The lowest BCUT2D eigenvalue weighted by Gasteiger charge is -2.22. The lowest BCUT2D eigenvalue weighted by Crippen LogP contribution is -2.15. The fourth-order valence-electron chi connectivity index (χ4n) is 23.4. The fraction of sp³-hybridized carbons (Fsp3) is 0.0222. The number of thiophene rings is 4. The fourth-order valence-corrected chi connectivity index (χ4v) is 28.0. The highest BCUT2D eigenvalue weighted by molar-refractivity contribution is 7.27. The molecule has 1 aliphatic carbocycles. The number of hydrogen-bond donors (Lipinski definition) is 0. The van der Waals surface area contributed by atoms with Gasteiger partial charge in [-0.25, -0.2) is 29.9 Å². The van der Waals surface area contributed by atoms with Gasteiger partial charge in [0.25, 0.3) is 0 Å². The van der Waals surface area contributed by atoms with Crippen molar-refractivity contribution in [3.05, 3.63) is 484 Å². The Hall–Kier alpha value is -18.3. The predicted molar refractivity (Wildman–Crippen MR) is 631 cm³/mol. The summed E-state index contributed by atoms with van der Waals surface area (Å²) in [6.07, 6.45) is 0. The number of para-hydroxylation sites is 5. The molecule has 10 nitrogen and oxygen atoms in total. The van der Waals surface area contributed by atoms with E-state index in [9.17, 15) is 0 Å². The largest absolute Gasteiger partial charge is 0.309 e. The quantitative estimate of drug-likeness (QED) is 0.128. The summed E-state index contributed by atoms with van der Waals surface area (Å²) in [5.74, 6) is 4.67. The summed E-state index contributed by atoms with van der Waals surface area (Å²) in [7, 11) is 0. The predicted octanol–water partition coefficient (Wildman–Crippen LogP) is 37.3. The first-order valence-corrected chi connectivity index (χ1v) is 53.6. The van der Waals surface area contributed by atoms with Crippen LogP contribution >= 0.6 is 45.3 Å². The van der Waals surface area contributed by atoms with Crippen molar-refractivity contribution >= 4 is 213 Å². The van der Waals surface area contributed by atoms with Gasteiger partial charge in [-0.15, -0.1) is 45.3 Å². The Morgan fingerprint density at radius 1 is 0.195 bits per heavy atom. The van der Waals surface area contributed by atoms with Crippen molar-refractivity contribution < 1.29 is 0 Å². The Labute approximate surface area is 871 Å². The van der Waals surface area contributed by atoms with Crippen LogP contribution in [-0.4, -0.2) is 48.2 Å². The molecular weight excluding hydrogens is 1890 g/mol. The summed E-state index contributed by atoms with van der Waals surface area (Å²) >= 11 is 7.37. The van der Waals surface area contributed by atoms with E-state index >= 15 is 0 Å². The minimum absolute atomic E-state index is 0.150. The Morgan fingerprint density at radius 3 is 1.06 bits per heavy atom.